The predicted molar refractivity (Wildman–Crippen MR) is 77.7 cm³/mol. The topological polar surface area (TPSA) is 58.4 Å². The van der Waals surface area contributed by atoms with Crippen LogP contribution in [0.5, 0.6) is 0 Å². The third-order valence-corrected chi connectivity index (χ3v) is 3.88. The minimum Gasteiger partial charge on any atom is -0.391 e. The van der Waals surface area contributed by atoms with E-state index in [1.807, 2.05) is 13.0 Å². The van der Waals surface area contributed by atoms with Gasteiger partial charge in [-0.25, -0.2) is 0 Å². The molecule has 0 spiro atoms. The van der Waals surface area contributed by atoms with Gasteiger partial charge in [0.25, 0.3) is 5.91 Å². The van der Waals surface area contributed by atoms with Crippen molar-refractivity contribution in [3.8, 4) is 0 Å². The minimum atomic E-state index is -0.397. The van der Waals surface area contributed by atoms with Crippen LogP contribution in [0.1, 0.15) is 55.7 Å². The van der Waals surface area contributed by atoms with Crippen molar-refractivity contribution in [2.24, 2.45) is 5.92 Å². The summed E-state index contributed by atoms with van der Waals surface area (Å²) in [6.07, 6.45) is 1.76. The van der Waals surface area contributed by atoms with Crippen LogP contribution in [0, 0.1) is 5.92 Å². The Morgan fingerprint density at radius 1 is 1.55 bits per heavy atom. The summed E-state index contributed by atoms with van der Waals surface area (Å²) in [7, 11) is 1.75. The van der Waals surface area contributed by atoms with Gasteiger partial charge in [-0.05, 0) is 37.7 Å². The number of amides is 1. The second-order valence-corrected chi connectivity index (χ2v) is 6.02. The Bertz CT molecular complexity index is 477. The van der Waals surface area contributed by atoms with Crippen molar-refractivity contribution >= 4 is 5.91 Å². The lowest BCUT2D eigenvalue weighted by Gasteiger charge is -2.20. The first-order valence-corrected chi connectivity index (χ1v) is 7.45. The van der Waals surface area contributed by atoms with E-state index in [1.54, 1.807) is 16.6 Å². The molecule has 1 fully saturated rings. The fraction of sp³-hybridized carbons (Fsp3) is 0.733. The number of aryl methyl sites for hydroxylation is 1. The second kappa shape index (κ2) is 5.95. The summed E-state index contributed by atoms with van der Waals surface area (Å²) in [6, 6.07) is 1.87. The van der Waals surface area contributed by atoms with Gasteiger partial charge in [0.2, 0.25) is 0 Å². The highest BCUT2D eigenvalue weighted by Crippen LogP contribution is 2.32. The lowest BCUT2D eigenvalue weighted by molar-refractivity contribution is 0.0634. The van der Waals surface area contributed by atoms with Crippen molar-refractivity contribution in [1.29, 1.82) is 0 Å². The van der Waals surface area contributed by atoms with Gasteiger partial charge in [0.05, 0.1) is 11.8 Å². The highest BCUT2D eigenvalue weighted by atomic mass is 16.3. The summed E-state index contributed by atoms with van der Waals surface area (Å²) in [6.45, 7) is 7.18. The number of rotatable bonds is 6. The van der Waals surface area contributed by atoms with Crippen molar-refractivity contribution < 1.29 is 9.90 Å². The van der Waals surface area contributed by atoms with E-state index in [0.29, 0.717) is 30.6 Å². The third-order valence-electron chi connectivity index (χ3n) is 3.88. The molecule has 1 amide bonds. The molecule has 20 heavy (non-hydrogen) atoms. The SMILES string of the molecule is CCn1nc(C(C)C)cc1C(=O)N(C)CC(O)C1CC1. The van der Waals surface area contributed by atoms with Crippen molar-refractivity contribution in [3.05, 3.63) is 17.5 Å². The first-order valence-electron chi connectivity index (χ1n) is 7.45. The Morgan fingerprint density at radius 2 is 2.20 bits per heavy atom. The Balaban J connectivity index is 2.10. The van der Waals surface area contributed by atoms with E-state index in [1.165, 1.54) is 0 Å². The summed E-state index contributed by atoms with van der Waals surface area (Å²) in [5, 5.41) is 14.4. The molecule has 0 bridgehead atoms. The van der Waals surface area contributed by atoms with E-state index < -0.39 is 6.10 Å². The van der Waals surface area contributed by atoms with Gasteiger partial charge in [0.15, 0.2) is 0 Å². The molecule has 1 atom stereocenters. The van der Waals surface area contributed by atoms with Gasteiger partial charge in [-0.1, -0.05) is 13.8 Å². The number of nitrogens with zero attached hydrogens (tertiary/aromatic N) is 3. The molecule has 0 aromatic carbocycles. The molecule has 0 radical (unpaired) electrons. The van der Waals surface area contributed by atoms with E-state index in [-0.39, 0.29) is 5.91 Å². The van der Waals surface area contributed by atoms with Crippen LogP contribution in [-0.4, -0.2) is 45.4 Å². The smallest absolute Gasteiger partial charge is 0.271 e. The van der Waals surface area contributed by atoms with Gasteiger partial charge >= 0.3 is 0 Å². The number of carbonyl (C=O) groups is 1. The van der Waals surface area contributed by atoms with Crippen molar-refractivity contribution in [2.45, 2.75) is 52.2 Å². The van der Waals surface area contributed by atoms with Crippen LogP contribution in [0.25, 0.3) is 0 Å². The Morgan fingerprint density at radius 3 is 2.70 bits per heavy atom. The summed E-state index contributed by atoms with van der Waals surface area (Å²) < 4.78 is 1.75. The van der Waals surface area contributed by atoms with Crippen LogP contribution in [0.4, 0.5) is 0 Å². The first kappa shape index (κ1) is 15.0. The molecule has 1 aliphatic rings. The number of aliphatic hydroxyl groups excluding tert-OH is 1. The van der Waals surface area contributed by atoms with Crippen molar-refractivity contribution in [3.63, 3.8) is 0 Å². The van der Waals surface area contributed by atoms with Crippen LogP contribution < -0.4 is 0 Å². The second-order valence-electron chi connectivity index (χ2n) is 6.02. The van der Waals surface area contributed by atoms with Gasteiger partial charge in [0, 0.05) is 20.1 Å². The molecule has 1 aromatic rings. The molecular formula is C15H25N3O2. The fourth-order valence-corrected chi connectivity index (χ4v) is 2.32. The average molecular weight is 279 g/mol. The van der Waals surface area contributed by atoms with E-state index in [4.69, 9.17) is 0 Å². The molecular weight excluding hydrogens is 254 g/mol. The maximum Gasteiger partial charge on any atom is 0.271 e. The summed E-state index contributed by atoms with van der Waals surface area (Å²) >= 11 is 0. The summed E-state index contributed by atoms with van der Waals surface area (Å²) in [5.41, 5.74) is 1.55. The minimum absolute atomic E-state index is 0.0639. The van der Waals surface area contributed by atoms with Gasteiger partial charge in [-0.15, -0.1) is 0 Å². The van der Waals surface area contributed by atoms with Crippen molar-refractivity contribution in [2.75, 3.05) is 13.6 Å². The molecule has 2 rings (SSSR count). The van der Waals surface area contributed by atoms with E-state index in [2.05, 4.69) is 18.9 Å². The van der Waals surface area contributed by atoms with Gasteiger partial charge in [-0.3, -0.25) is 9.48 Å². The molecule has 0 saturated heterocycles. The Kier molecular flexibility index (Phi) is 4.48. The zero-order valence-corrected chi connectivity index (χ0v) is 12.8. The molecule has 112 valence electrons. The molecule has 0 aliphatic heterocycles. The number of likely N-dealkylation sites (N-methyl/N-ethyl adjacent to an activating group) is 1. The van der Waals surface area contributed by atoms with Gasteiger partial charge in [-0.2, -0.15) is 5.10 Å². The quantitative estimate of drug-likeness (QED) is 0.865. The third kappa shape index (κ3) is 3.20. The van der Waals surface area contributed by atoms with Crippen LogP contribution in [-0.2, 0) is 6.54 Å². The Labute approximate surface area is 120 Å². The van der Waals surface area contributed by atoms with E-state index in [9.17, 15) is 9.90 Å². The summed E-state index contributed by atoms with van der Waals surface area (Å²) in [5.74, 6) is 0.621. The Hall–Kier alpha value is -1.36. The van der Waals surface area contributed by atoms with Crippen LogP contribution in [0.2, 0.25) is 0 Å². The molecule has 1 N–H and O–H groups in total. The van der Waals surface area contributed by atoms with Crippen LogP contribution >= 0.6 is 0 Å². The molecule has 1 saturated carbocycles. The predicted octanol–water partition coefficient (Wildman–Crippen LogP) is 1.87. The number of carbonyl (C=O) groups excluding carboxylic acids is 1. The lowest BCUT2D eigenvalue weighted by Crippen LogP contribution is -2.36. The average Bonchev–Trinajstić information content (AvgIpc) is 3.16. The lowest BCUT2D eigenvalue weighted by atomic mass is 10.1. The van der Waals surface area contributed by atoms with E-state index in [0.717, 1.165) is 18.5 Å². The molecule has 1 aromatic heterocycles. The van der Waals surface area contributed by atoms with E-state index >= 15 is 0 Å². The van der Waals surface area contributed by atoms with Crippen molar-refractivity contribution in [1.82, 2.24) is 14.7 Å². The first-order chi connectivity index (χ1) is 9.43. The molecule has 5 heteroatoms. The fourth-order valence-electron chi connectivity index (χ4n) is 2.32. The number of aliphatic hydroxyl groups is 1. The maximum atomic E-state index is 12.5. The zero-order valence-electron chi connectivity index (χ0n) is 12.8. The number of hydrogen-bond acceptors (Lipinski definition) is 3. The van der Waals surface area contributed by atoms with Gasteiger partial charge < -0.3 is 10.0 Å². The number of aromatic nitrogens is 2. The molecule has 1 unspecified atom stereocenters. The normalized spacial score (nSPS) is 16.5. The molecule has 1 heterocycles. The standard InChI is InChI=1S/C15H25N3O2/c1-5-18-13(8-12(16-18)10(2)3)15(20)17(4)9-14(19)11-6-7-11/h8,10-11,14,19H,5-7,9H2,1-4H3. The highest BCUT2D eigenvalue weighted by molar-refractivity contribution is 5.92. The zero-order chi connectivity index (χ0) is 14.9. The van der Waals surface area contributed by atoms with Crippen LogP contribution in [0.3, 0.4) is 0 Å². The highest BCUT2D eigenvalue weighted by Gasteiger charge is 2.31. The van der Waals surface area contributed by atoms with Crippen LogP contribution in [0.15, 0.2) is 6.07 Å². The summed E-state index contributed by atoms with van der Waals surface area (Å²) in [4.78, 5) is 14.1. The largest absolute Gasteiger partial charge is 0.391 e. The molecule has 5 nitrogen and oxygen atoms in total. The molecule has 1 aliphatic carbocycles. The monoisotopic (exact) mass is 279 g/mol. The van der Waals surface area contributed by atoms with Gasteiger partial charge in [0.1, 0.15) is 5.69 Å². The number of hydrogen-bond donors (Lipinski definition) is 1. The maximum absolute atomic E-state index is 12.5.